The number of rotatable bonds is 39. The SMILES string of the molecule is C[N+](CCCCCCCCCCOc1ccc(-c2ccc(C#N)cc2)cc1)(CCCCCCCCCCOc1ccc(-c2ccc(C#N)cc2)cc1)CCCCCCCCCCOc1ccc(-c2ccc(C#N)cc2)cc1. The van der Waals surface area contributed by atoms with Crippen molar-refractivity contribution in [2.24, 2.45) is 0 Å². The molecular formula is C70H87N4O3+. The van der Waals surface area contributed by atoms with Gasteiger partial charge < -0.3 is 18.7 Å². The zero-order chi connectivity index (χ0) is 53.9. The van der Waals surface area contributed by atoms with Gasteiger partial charge in [0.25, 0.3) is 0 Å². The molecule has 0 amide bonds. The van der Waals surface area contributed by atoms with Crippen LogP contribution in [0.5, 0.6) is 17.2 Å². The van der Waals surface area contributed by atoms with Gasteiger partial charge >= 0.3 is 0 Å². The first-order valence-electron chi connectivity index (χ1n) is 29.5. The van der Waals surface area contributed by atoms with Gasteiger partial charge in [0.15, 0.2) is 0 Å². The van der Waals surface area contributed by atoms with Crippen LogP contribution in [0.2, 0.25) is 0 Å². The Labute approximate surface area is 464 Å². The first-order chi connectivity index (χ1) is 37.9. The van der Waals surface area contributed by atoms with Gasteiger partial charge in [0.05, 0.1) is 81.4 Å². The number of ether oxygens (including phenoxy) is 3. The Hall–Kier alpha value is -6.85. The van der Waals surface area contributed by atoms with Gasteiger partial charge in [-0.05, 0) is 164 Å². The average molecular weight is 1030 g/mol. The maximum atomic E-state index is 9.07. The predicted octanol–water partition coefficient (Wildman–Crippen LogP) is 18.6. The van der Waals surface area contributed by atoms with Gasteiger partial charge in [0.2, 0.25) is 0 Å². The summed E-state index contributed by atoms with van der Waals surface area (Å²) >= 11 is 0. The Morgan fingerprint density at radius 2 is 0.442 bits per heavy atom. The highest BCUT2D eigenvalue weighted by Gasteiger charge is 2.20. The van der Waals surface area contributed by atoms with Crippen LogP contribution in [-0.4, -0.2) is 51.0 Å². The van der Waals surface area contributed by atoms with E-state index in [0.29, 0.717) is 16.7 Å². The summed E-state index contributed by atoms with van der Waals surface area (Å²) in [5, 5.41) is 27.2. The van der Waals surface area contributed by atoms with Crippen LogP contribution in [0.3, 0.4) is 0 Å². The number of hydrogen-bond acceptors (Lipinski definition) is 6. The van der Waals surface area contributed by atoms with E-state index >= 15 is 0 Å². The van der Waals surface area contributed by atoms with Crippen LogP contribution in [0.1, 0.15) is 171 Å². The van der Waals surface area contributed by atoms with Crippen LogP contribution in [0, 0.1) is 34.0 Å². The van der Waals surface area contributed by atoms with Gasteiger partial charge in [-0.2, -0.15) is 15.8 Å². The molecule has 0 N–H and O–H groups in total. The van der Waals surface area contributed by atoms with Crippen molar-refractivity contribution in [1.29, 1.82) is 15.8 Å². The van der Waals surface area contributed by atoms with E-state index in [1.54, 1.807) is 0 Å². The summed E-state index contributed by atoms with van der Waals surface area (Å²) < 4.78 is 19.4. The molecule has 0 fully saturated rings. The minimum Gasteiger partial charge on any atom is -0.494 e. The van der Waals surface area contributed by atoms with E-state index in [4.69, 9.17) is 30.0 Å². The van der Waals surface area contributed by atoms with Crippen molar-refractivity contribution in [1.82, 2.24) is 0 Å². The molecule has 0 saturated carbocycles. The lowest BCUT2D eigenvalue weighted by molar-refractivity contribution is -0.910. The average Bonchev–Trinajstić information content (AvgIpc) is 3.48. The molecule has 0 aliphatic carbocycles. The lowest BCUT2D eigenvalue weighted by Gasteiger charge is -2.35. The predicted molar refractivity (Wildman–Crippen MR) is 318 cm³/mol. The maximum Gasteiger partial charge on any atom is 0.119 e. The zero-order valence-corrected chi connectivity index (χ0v) is 46.6. The third kappa shape index (κ3) is 23.1. The van der Waals surface area contributed by atoms with Gasteiger partial charge in [-0.3, -0.25) is 0 Å². The van der Waals surface area contributed by atoms with Gasteiger partial charge in [0.1, 0.15) is 17.2 Å². The molecule has 7 heteroatoms. The number of benzene rings is 6. The van der Waals surface area contributed by atoms with Gasteiger partial charge in [-0.25, -0.2) is 0 Å². The molecule has 0 heterocycles. The summed E-state index contributed by atoms with van der Waals surface area (Å²) in [4.78, 5) is 0. The Bertz CT molecular complexity index is 2350. The summed E-state index contributed by atoms with van der Waals surface area (Å²) in [6.07, 6.45) is 30.9. The second kappa shape index (κ2) is 35.5. The summed E-state index contributed by atoms with van der Waals surface area (Å²) in [5.41, 5.74) is 8.78. The summed E-state index contributed by atoms with van der Waals surface area (Å²) in [6, 6.07) is 54.6. The highest BCUT2D eigenvalue weighted by molar-refractivity contribution is 5.67. The van der Waals surface area contributed by atoms with Crippen LogP contribution in [0.4, 0.5) is 0 Å². The van der Waals surface area contributed by atoms with Crippen molar-refractivity contribution in [3.8, 4) is 68.8 Å². The van der Waals surface area contributed by atoms with Gasteiger partial charge in [-0.15, -0.1) is 0 Å². The maximum absolute atomic E-state index is 9.07. The fraction of sp³-hybridized carbons (Fsp3) is 0.443. The van der Waals surface area contributed by atoms with Crippen molar-refractivity contribution in [2.45, 2.75) is 154 Å². The monoisotopic (exact) mass is 1030 g/mol. The molecule has 0 unspecified atom stereocenters. The van der Waals surface area contributed by atoms with Crippen molar-refractivity contribution >= 4 is 0 Å². The van der Waals surface area contributed by atoms with Crippen LogP contribution in [0.25, 0.3) is 33.4 Å². The first kappa shape index (κ1) is 59.4. The van der Waals surface area contributed by atoms with E-state index in [0.717, 1.165) is 89.7 Å². The molecule has 0 radical (unpaired) electrons. The fourth-order valence-corrected chi connectivity index (χ4v) is 10.3. The van der Waals surface area contributed by atoms with Crippen LogP contribution in [-0.2, 0) is 0 Å². The number of nitriles is 3. The Morgan fingerprint density at radius 1 is 0.260 bits per heavy atom. The standard InChI is InChI=1S/C70H87N4O3/c1-74(50-20-14-8-2-5-11-17-23-53-75-68-44-38-65(39-45-68)62-32-26-59(56-71)27-33-62,51-21-15-9-3-6-12-18-24-54-76-69-46-40-66(41-47-69)63-34-28-60(57-72)29-35-63)52-22-16-10-4-7-13-19-25-55-77-70-48-42-67(43-49-70)64-36-30-61(58-73)31-37-64/h26-49H,2-25,50-55H2,1H3/q+1. The van der Waals surface area contributed by atoms with Crippen molar-refractivity contribution in [2.75, 3.05) is 46.5 Å². The Balaban J connectivity index is 0.791. The molecule has 6 aromatic rings. The lowest BCUT2D eigenvalue weighted by atomic mass is 10.0. The molecule has 6 rings (SSSR count). The molecule has 0 aromatic heterocycles. The lowest BCUT2D eigenvalue weighted by Crippen LogP contribution is -2.46. The minimum atomic E-state index is 0.681. The normalized spacial score (nSPS) is 11.1. The highest BCUT2D eigenvalue weighted by Crippen LogP contribution is 2.27. The largest absolute Gasteiger partial charge is 0.494 e. The third-order valence-corrected chi connectivity index (χ3v) is 15.2. The quantitative estimate of drug-likeness (QED) is 0.0282. The third-order valence-electron chi connectivity index (χ3n) is 15.2. The van der Waals surface area contributed by atoms with Crippen LogP contribution >= 0.6 is 0 Å². The van der Waals surface area contributed by atoms with E-state index in [-0.39, 0.29) is 0 Å². The van der Waals surface area contributed by atoms with E-state index < -0.39 is 0 Å². The molecule has 404 valence electrons. The van der Waals surface area contributed by atoms with Crippen molar-refractivity contribution in [3.63, 3.8) is 0 Å². The van der Waals surface area contributed by atoms with E-state index in [9.17, 15) is 0 Å². The van der Waals surface area contributed by atoms with E-state index in [1.807, 2.05) is 72.8 Å². The smallest absolute Gasteiger partial charge is 0.119 e. The fourth-order valence-electron chi connectivity index (χ4n) is 10.3. The number of nitrogens with zero attached hydrogens (tertiary/aromatic N) is 4. The van der Waals surface area contributed by atoms with Gasteiger partial charge in [0, 0.05) is 0 Å². The topological polar surface area (TPSA) is 99.1 Å². The molecule has 77 heavy (non-hydrogen) atoms. The molecule has 0 aliphatic heterocycles. The molecule has 6 aromatic carbocycles. The second-order valence-corrected chi connectivity index (χ2v) is 21.5. The number of hydrogen-bond donors (Lipinski definition) is 0. The van der Waals surface area contributed by atoms with E-state index in [1.165, 1.54) is 159 Å². The Kier molecular flexibility index (Phi) is 27.4. The van der Waals surface area contributed by atoms with E-state index in [2.05, 4.69) is 98.1 Å². The summed E-state index contributed by atoms with van der Waals surface area (Å²) in [7, 11) is 2.56. The highest BCUT2D eigenvalue weighted by atomic mass is 16.5. The number of unbranched alkanes of at least 4 members (excludes halogenated alkanes) is 21. The molecule has 0 saturated heterocycles. The molecule has 0 spiro atoms. The second-order valence-electron chi connectivity index (χ2n) is 21.5. The van der Waals surface area contributed by atoms with Gasteiger partial charge in [-0.1, -0.05) is 169 Å². The summed E-state index contributed by atoms with van der Waals surface area (Å²) in [6.45, 7) is 6.25. The van der Waals surface area contributed by atoms with Crippen molar-refractivity contribution in [3.05, 3.63) is 162 Å². The summed E-state index contributed by atoms with van der Waals surface area (Å²) in [5.74, 6) is 2.77. The van der Waals surface area contributed by atoms with Crippen molar-refractivity contribution < 1.29 is 18.7 Å². The minimum absolute atomic E-state index is 0.681. The molecule has 0 aliphatic rings. The molecular weight excluding hydrogens is 945 g/mol. The molecule has 0 atom stereocenters. The molecule has 7 nitrogen and oxygen atoms in total. The van der Waals surface area contributed by atoms with Crippen LogP contribution in [0.15, 0.2) is 146 Å². The number of quaternary nitrogens is 1. The Morgan fingerprint density at radius 3 is 0.649 bits per heavy atom. The van der Waals surface area contributed by atoms with Crippen LogP contribution < -0.4 is 14.2 Å². The zero-order valence-electron chi connectivity index (χ0n) is 46.6. The molecule has 0 bridgehead atoms. The first-order valence-corrected chi connectivity index (χ1v) is 29.5.